The fourth-order valence-electron chi connectivity index (χ4n) is 1.03. The topological polar surface area (TPSA) is 51.3 Å². The monoisotopic (exact) mass is 223 g/mol. The SMILES string of the molecule is COc1c(C)[nH]cc(OC(F)(F)F)c1=O. The normalized spacial score (nSPS) is 11.3. The Morgan fingerprint density at radius 1 is 1.40 bits per heavy atom. The summed E-state index contributed by atoms with van der Waals surface area (Å²) in [5.41, 5.74) is -0.608. The number of nitrogens with one attached hydrogen (secondary N) is 1. The van der Waals surface area contributed by atoms with E-state index in [2.05, 4.69) is 14.5 Å². The lowest BCUT2D eigenvalue weighted by atomic mass is 10.3. The molecule has 1 aromatic heterocycles. The molecular weight excluding hydrogens is 215 g/mol. The lowest BCUT2D eigenvalue weighted by molar-refractivity contribution is -0.275. The summed E-state index contributed by atoms with van der Waals surface area (Å²) in [7, 11) is 1.19. The highest BCUT2D eigenvalue weighted by atomic mass is 19.4. The van der Waals surface area contributed by atoms with E-state index in [-0.39, 0.29) is 5.75 Å². The Bertz CT molecular complexity index is 411. The van der Waals surface area contributed by atoms with Gasteiger partial charge < -0.3 is 14.5 Å². The molecule has 1 rings (SSSR count). The third kappa shape index (κ3) is 2.64. The minimum absolute atomic E-state index is 0.197. The standard InChI is InChI=1S/C8H8F3NO3/c1-4-7(14-2)6(13)5(3-12-4)15-8(9,10)11/h3H,1-2H3,(H,12,13). The average Bonchev–Trinajstić information content (AvgIpc) is 2.09. The molecule has 0 radical (unpaired) electrons. The van der Waals surface area contributed by atoms with E-state index in [1.165, 1.54) is 14.0 Å². The zero-order chi connectivity index (χ0) is 11.6. The summed E-state index contributed by atoms with van der Waals surface area (Å²) in [6, 6.07) is 0. The van der Waals surface area contributed by atoms with Gasteiger partial charge >= 0.3 is 6.36 Å². The van der Waals surface area contributed by atoms with Gasteiger partial charge in [-0.25, -0.2) is 0 Å². The van der Waals surface area contributed by atoms with E-state index in [9.17, 15) is 18.0 Å². The number of rotatable bonds is 2. The predicted octanol–water partition coefficient (Wildman–Crippen LogP) is 1.59. The number of methoxy groups -OCH3 is 1. The van der Waals surface area contributed by atoms with Gasteiger partial charge in [0.2, 0.25) is 0 Å². The van der Waals surface area contributed by atoms with E-state index < -0.39 is 17.5 Å². The van der Waals surface area contributed by atoms with Crippen LogP contribution in [0.2, 0.25) is 0 Å². The smallest absolute Gasteiger partial charge is 0.491 e. The maximum atomic E-state index is 11.8. The van der Waals surface area contributed by atoms with Crippen LogP contribution in [0.5, 0.6) is 11.5 Å². The van der Waals surface area contributed by atoms with Crippen molar-refractivity contribution in [3.8, 4) is 11.5 Å². The number of H-pyrrole nitrogens is 1. The molecule has 0 aliphatic carbocycles. The van der Waals surface area contributed by atoms with Crippen LogP contribution >= 0.6 is 0 Å². The van der Waals surface area contributed by atoms with Crippen LogP contribution in [0.15, 0.2) is 11.0 Å². The van der Waals surface area contributed by atoms with Gasteiger partial charge in [-0.1, -0.05) is 0 Å². The number of pyridine rings is 1. The molecule has 0 aromatic carbocycles. The number of hydrogen-bond acceptors (Lipinski definition) is 3. The van der Waals surface area contributed by atoms with E-state index >= 15 is 0 Å². The molecule has 1 heterocycles. The van der Waals surface area contributed by atoms with Crippen molar-refractivity contribution in [2.24, 2.45) is 0 Å². The van der Waals surface area contributed by atoms with Crippen LogP contribution in [0.1, 0.15) is 5.69 Å². The van der Waals surface area contributed by atoms with Gasteiger partial charge in [-0.2, -0.15) is 0 Å². The zero-order valence-corrected chi connectivity index (χ0v) is 7.94. The highest BCUT2D eigenvalue weighted by molar-refractivity contribution is 5.34. The molecule has 0 amide bonds. The van der Waals surface area contributed by atoms with Gasteiger partial charge in [-0.15, -0.1) is 13.2 Å². The molecule has 0 spiro atoms. The number of aryl methyl sites for hydroxylation is 1. The van der Waals surface area contributed by atoms with Crippen molar-refractivity contribution in [2.75, 3.05) is 7.11 Å². The molecule has 0 unspecified atom stereocenters. The molecule has 0 aliphatic rings. The van der Waals surface area contributed by atoms with Crippen molar-refractivity contribution in [1.29, 1.82) is 0 Å². The maximum Gasteiger partial charge on any atom is 0.573 e. The third-order valence-corrected chi connectivity index (χ3v) is 1.62. The number of alkyl halides is 3. The molecule has 1 aromatic rings. The van der Waals surface area contributed by atoms with Gasteiger partial charge in [-0.3, -0.25) is 4.79 Å². The minimum atomic E-state index is -4.90. The van der Waals surface area contributed by atoms with E-state index in [1.807, 2.05) is 0 Å². The van der Waals surface area contributed by atoms with Crippen LogP contribution in [0.4, 0.5) is 13.2 Å². The number of halogens is 3. The highest BCUT2D eigenvalue weighted by Gasteiger charge is 2.32. The van der Waals surface area contributed by atoms with Crippen molar-refractivity contribution in [1.82, 2.24) is 4.98 Å². The van der Waals surface area contributed by atoms with E-state index in [1.54, 1.807) is 0 Å². The van der Waals surface area contributed by atoms with Gasteiger partial charge in [0, 0.05) is 6.20 Å². The molecule has 1 N–H and O–H groups in total. The third-order valence-electron chi connectivity index (χ3n) is 1.62. The van der Waals surface area contributed by atoms with E-state index in [0.29, 0.717) is 5.69 Å². The molecule has 0 bridgehead atoms. The van der Waals surface area contributed by atoms with Crippen LogP contribution < -0.4 is 14.9 Å². The largest absolute Gasteiger partial charge is 0.573 e. The van der Waals surface area contributed by atoms with Crippen LogP contribution in [-0.2, 0) is 0 Å². The summed E-state index contributed by atoms with van der Waals surface area (Å²) in [4.78, 5) is 13.8. The highest BCUT2D eigenvalue weighted by Crippen LogP contribution is 2.21. The first-order valence-corrected chi connectivity index (χ1v) is 3.87. The molecule has 0 saturated heterocycles. The van der Waals surface area contributed by atoms with E-state index in [0.717, 1.165) is 6.20 Å². The number of aromatic amines is 1. The molecule has 0 atom stereocenters. The zero-order valence-electron chi connectivity index (χ0n) is 7.94. The summed E-state index contributed by atoms with van der Waals surface area (Å²) in [5.74, 6) is -1.04. The second kappa shape index (κ2) is 3.84. The average molecular weight is 223 g/mol. The van der Waals surface area contributed by atoms with Crippen molar-refractivity contribution in [3.63, 3.8) is 0 Å². The Labute approximate surface area is 82.6 Å². The Morgan fingerprint density at radius 2 is 2.00 bits per heavy atom. The second-order valence-corrected chi connectivity index (χ2v) is 2.69. The molecule has 0 saturated carbocycles. The lowest BCUT2D eigenvalue weighted by Gasteiger charge is -2.10. The number of aromatic nitrogens is 1. The van der Waals surface area contributed by atoms with Gasteiger partial charge in [0.15, 0.2) is 11.5 Å². The Hall–Kier alpha value is -1.66. The molecule has 15 heavy (non-hydrogen) atoms. The molecule has 4 nitrogen and oxygen atoms in total. The molecule has 0 fully saturated rings. The van der Waals surface area contributed by atoms with Crippen molar-refractivity contribution in [3.05, 3.63) is 22.1 Å². The summed E-state index contributed by atoms with van der Waals surface area (Å²) in [6.07, 6.45) is -4.05. The molecule has 0 aliphatic heterocycles. The first-order valence-electron chi connectivity index (χ1n) is 3.87. The number of hydrogen-bond donors (Lipinski definition) is 1. The summed E-state index contributed by atoms with van der Waals surface area (Å²) in [5, 5.41) is 0. The second-order valence-electron chi connectivity index (χ2n) is 2.69. The van der Waals surface area contributed by atoms with Crippen molar-refractivity contribution in [2.45, 2.75) is 13.3 Å². The van der Waals surface area contributed by atoms with Gasteiger partial charge in [0.25, 0.3) is 5.43 Å². The summed E-state index contributed by atoms with van der Waals surface area (Å²) in [6.45, 7) is 1.50. The first-order chi connectivity index (χ1) is 6.85. The van der Waals surface area contributed by atoms with Gasteiger partial charge in [0.05, 0.1) is 12.8 Å². The van der Waals surface area contributed by atoms with Crippen LogP contribution in [0.3, 0.4) is 0 Å². The first kappa shape index (κ1) is 11.4. The minimum Gasteiger partial charge on any atom is -0.491 e. The Balaban J connectivity index is 3.17. The summed E-state index contributed by atoms with van der Waals surface area (Å²) < 4.78 is 43.7. The van der Waals surface area contributed by atoms with Crippen molar-refractivity contribution >= 4 is 0 Å². The Morgan fingerprint density at radius 3 is 2.47 bits per heavy atom. The molecule has 7 heteroatoms. The maximum absolute atomic E-state index is 11.8. The number of ether oxygens (including phenoxy) is 2. The Kier molecular flexibility index (Phi) is 2.92. The predicted molar refractivity (Wildman–Crippen MR) is 45.0 cm³/mol. The molecular formula is C8H8F3NO3. The van der Waals surface area contributed by atoms with Gasteiger partial charge in [0.1, 0.15) is 0 Å². The molecule has 84 valence electrons. The lowest BCUT2D eigenvalue weighted by Crippen LogP contribution is -2.22. The van der Waals surface area contributed by atoms with Crippen LogP contribution in [0.25, 0.3) is 0 Å². The van der Waals surface area contributed by atoms with Gasteiger partial charge in [-0.05, 0) is 6.92 Å². The van der Waals surface area contributed by atoms with E-state index in [4.69, 9.17) is 0 Å². The van der Waals surface area contributed by atoms with Crippen molar-refractivity contribution < 1.29 is 22.6 Å². The van der Waals surface area contributed by atoms with Crippen LogP contribution in [0, 0.1) is 6.92 Å². The van der Waals surface area contributed by atoms with Crippen LogP contribution in [-0.4, -0.2) is 18.5 Å². The quantitative estimate of drug-likeness (QED) is 0.828. The fourth-order valence-corrected chi connectivity index (χ4v) is 1.03. The fraction of sp³-hybridized carbons (Fsp3) is 0.375. The summed E-state index contributed by atoms with van der Waals surface area (Å²) >= 11 is 0.